The van der Waals surface area contributed by atoms with Gasteiger partial charge in [-0.15, -0.1) is 0 Å². The summed E-state index contributed by atoms with van der Waals surface area (Å²) in [5.41, 5.74) is 0. The highest BCUT2D eigenvalue weighted by molar-refractivity contribution is 5.77. The number of hydrogen-bond donors (Lipinski definition) is 1. The van der Waals surface area contributed by atoms with Crippen molar-refractivity contribution in [3.8, 4) is 5.75 Å². The number of aromatic nitrogens is 1. The molecule has 108 valence electrons. The van der Waals surface area contributed by atoms with Crippen molar-refractivity contribution in [2.24, 2.45) is 0 Å². The van der Waals surface area contributed by atoms with Crippen LogP contribution in [0, 0.1) is 10.1 Å². The van der Waals surface area contributed by atoms with E-state index in [1.807, 2.05) is 0 Å². The lowest BCUT2D eigenvalue weighted by Gasteiger charge is -2.11. The Bertz CT molecular complexity index is 488. The fourth-order valence-corrected chi connectivity index (χ4v) is 1.86. The molecule has 1 aromatic heterocycles. The molecule has 1 amide bonds. The third-order valence-electron chi connectivity index (χ3n) is 2.83. The molecule has 0 aromatic carbocycles. The molecular weight excluding hydrogens is 266 g/mol. The van der Waals surface area contributed by atoms with Crippen LogP contribution < -0.4 is 10.1 Å². The zero-order valence-corrected chi connectivity index (χ0v) is 10.8. The van der Waals surface area contributed by atoms with Gasteiger partial charge in [-0.1, -0.05) is 0 Å². The number of carbonyl (C=O) groups excluding carboxylic acids is 1. The molecule has 1 aliphatic heterocycles. The molecule has 0 bridgehead atoms. The molecule has 2 rings (SSSR count). The molecule has 1 saturated heterocycles. The van der Waals surface area contributed by atoms with Crippen molar-refractivity contribution >= 4 is 11.7 Å². The van der Waals surface area contributed by atoms with Crippen LogP contribution in [0.2, 0.25) is 0 Å². The van der Waals surface area contributed by atoms with Crippen LogP contribution in [-0.2, 0) is 9.53 Å². The molecule has 0 aliphatic carbocycles. The number of pyridine rings is 1. The van der Waals surface area contributed by atoms with E-state index >= 15 is 0 Å². The van der Waals surface area contributed by atoms with Crippen molar-refractivity contribution in [1.82, 2.24) is 10.3 Å². The second-order valence-electron chi connectivity index (χ2n) is 4.31. The van der Waals surface area contributed by atoms with Gasteiger partial charge in [-0.2, -0.15) is 0 Å². The van der Waals surface area contributed by atoms with Gasteiger partial charge >= 0.3 is 5.82 Å². The number of ether oxygens (including phenoxy) is 2. The lowest BCUT2D eigenvalue weighted by Crippen LogP contribution is -2.35. The minimum absolute atomic E-state index is 0.0234. The SMILES string of the molecule is O=C(COc1cccnc1[N+](=O)[O-])NCC1CCCO1. The lowest BCUT2D eigenvalue weighted by molar-refractivity contribution is -0.390. The van der Waals surface area contributed by atoms with Crippen molar-refractivity contribution < 1.29 is 19.2 Å². The van der Waals surface area contributed by atoms with E-state index in [-0.39, 0.29) is 24.4 Å². The number of hydrogen-bond acceptors (Lipinski definition) is 6. The highest BCUT2D eigenvalue weighted by Crippen LogP contribution is 2.22. The minimum atomic E-state index is -0.653. The molecule has 0 spiro atoms. The Morgan fingerprint density at radius 3 is 3.20 bits per heavy atom. The van der Waals surface area contributed by atoms with Crippen LogP contribution in [0.3, 0.4) is 0 Å². The van der Waals surface area contributed by atoms with E-state index in [1.54, 1.807) is 0 Å². The van der Waals surface area contributed by atoms with E-state index < -0.39 is 10.7 Å². The molecule has 2 heterocycles. The number of carbonyl (C=O) groups is 1. The summed E-state index contributed by atoms with van der Waals surface area (Å²) >= 11 is 0. The fourth-order valence-electron chi connectivity index (χ4n) is 1.86. The molecule has 0 radical (unpaired) electrons. The Morgan fingerprint density at radius 1 is 1.65 bits per heavy atom. The largest absolute Gasteiger partial charge is 0.476 e. The molecule has 0 saturated carbocycles. The molecule has 1 aliphatic rings. The van der Waals surface area contributed by atoms with Crippen LogP contribution >= 0.6 is 0 Å². The first kappa shape index (κ1) is 14.2. The van der Waals surface area contributed by atoms with Crippen LogP contribution in [0.15, 0.2) is 18.3 Å². The summed E-state index contributed by atoms with van der Waals surface area (Å²) < 4.78 is 10.5. The molecule has 1 atom stereocenters. The third kappa shape index (κ3) is 3.89. The van der Waals surface area contributed by atoms with Crippen molar-refractivity contribution in [3.05, 3.63) is 28.4 Å². The van der Waals surface area contributed by atoms with Gasteiger partial charge in [-0.25, -0.2) is 0 Å². The molecule has 8 nitrogen and oxygen atoms in total. The van der Waals surface area contributed by atoms with Gasteiger partial charge in [0.1, 0.15) is 6.20 Å². The second kappa shape index (κ2) is 6.80. The quantitative estimate of drug-likeness (QED) is 0.607. The average Bonchev–Trinajstić information content (AvgIpc) is 2.96. The van der Waals surface area contributed by atoms with Crippen molar-refractivity contribution in [3.63, 3.8) is 0 Å². The van der Waals surface area contributed by atoms with Crippen molar-refractivity contribution in [2.75, 3.05) is 19.8 Å². The van der Waals surface area contributed by atoms with Crippen LogP contribution in [0.5, 0.6) is 5.75 Å². The van der Waals surface area contributed by atoms with Crippen LogP contribution in [0.1, 0.15) is 12.8 Å². The Hall–Kier alpha value is -2.22. The number of amides is 1. The highest BCUT2D eigenvalue weighted by atomic mass is 16.6. The van der Waals surface area contributed by atoms with Gasteiger partial charge in [0.05, 0.1) is 6.10 Å². The molecule has 1 N–H and O–H groups in total. The molecular formula is C12H15N3O5. The summed E-state index contributed by atoms with van der Waals surface area (Å²) in [7, 11) is 0. The van der Waals surface area contributed by atoms with E-state index in [2.05, 4.69) is 10.3 Å². The van der Waals surface area contributed by atoms with E-state index in [4.69, 9.17) is 9.47 Å². The Kier molecular flexibility index (Phi) is 4.83. The van der Waals surface area contributed by atoms with Gasteiger partial charge in [0.25, 0.3) is 5.91 Å². The predicted octanol–water partition coefficient (Wildman–Crippen LogP) is 0.664. The minimum Gasteiger partial charge on any atom is -0.476 e. The van der Waals surface area contributed by atoms with Crippen LogP contribution in [0.4, 0.5) is 5.82 Å². The monoisotopic (exact) mass is 281 g/mol. The topological polar surface area (TPSA) is 104 Å². The van der Waals surface area contributed by atoms with Gasteiger partial charge in [0, 0.05) is 13.2 Å². The van der Waals surface area contributed by atoms with Gasteiger partial charge in [-0.05, 0) is 34.9 Å². The first-order valence-electron chi connectivity index (χ1n) is 6.27. The molecule has 20 heavy (non-hydrogen) atoms. The first-order chi connectivity index (χ1) is 9.66. The summed E-state index contributed by atoms with van der Waals surface area (Å²) in [6.45, 7) is 0.857. The zero-order chi connectivity index (χ0) is 14.4. The smallest absolute Gasteiger partial charge is 0.406 e. The van der Waals surface area contributed by atoms with E-state index in [0.717, 1.165) is 19.4 Å². The maximum absolute atomic E-state index is 11.6. The maximum atomic E-state index is 11.6. The van der Waals surface area contributed by atoms with Crippen LogP contribution in [0.25, 0.3) is 0 Å². The van der Waals surface area contributed by atoms with Gasteiger partial charge < -0.3 is 24.9 Å². The van der Waals surface area contributed by atoms with Crippen molar-refractivity contribution in [2.45, 2.75) is 18.9 Å². The standard InChI is InChI=1S/C12H15N3O5/c16-11(14-7-9-3-2-6-19-9)8-20-10-4-1-5-13-12(10)15(17)18/h1,4-5,9H,2-3,6-8H2,(H,14,16). The zero-order valence-electron chi connectivity index (χ0n) is 10.8. The number of nitrogens with zero attached hydrogens (tertiary/aromatic N) is 2. The lowest BCUT2D eigenvalue weighted by atomic mass is 10.2. The van der Waals surface area contributed by atoms with Crippen molar-refractivity contribution in [1.29, 1.82) is 0 Å². The maximum Gasteiger partial charge on any atom is 0.406 e. The van der Waals surface area contributed by atoms with Gasteiger partial charge in [-0.3, -0.25) is 4.79 Å². The number of nitro groups is 1. The van der Waals surface area contributed by atoms with E-state index in [9.17, 15) is 14.9 Å². The number of rotatable bonds is 6. The third-order valence-corrected chi connectivity index (χ3v) is 2.83. The molecule has 1 fully saturated rings. The Morgan fingerprint density at radius 2 is 2.50 bits per heavy atom. The summed E-state index contributed by atoms with van der Waals surface area (Å²) in [5, 5.41) is 13.4. The summed E-state index contributed by atoms with van der Waals surface area (Å²) in [6.07, 6.45) is 3.27. The first-order valence-corrected chi connectivity index (χ1v) is 6.27. The highest BCUT2D eigenvalue weighted by Gasteiger charge is 2.18. The molecule has 1 aromatic rings. The average molecular weight is 281 g/mol. The molecule has 1 unspecified atom stereocenters. The summed E-state index contributed by atoms with van der Waals surface area (Å²) in [5.74, 6) is -0.775. The van der Waals surface area contributed by atoms with Gasteiger partial charge in [0.2, 0.25) is 5.75 Å². The predicted molar refractivity (Wildman–Crippen MR) is 68.4 cm³/mol. The summed E-state index contributed by atoms with van der Waals surface area (Å²) in [6, 6.07) is 2.91. The Labute approximate surface area is 115 Å². The normalized spacial score (nSPS) is 17.7. The van der Waals surface area contributed by atoms with Crippen LogP contribution in [-0.4, -0.2) is 41.7 Å². The van der Waals surface area contributed by atoms with E-state index in [1.165, 1.54) is 18.3 Å². The summed E-state index contributed by atoms with van der Waals surface area (Å²) in [4.78, 5) is 25.2. The molecule has 8 heteroatoms. The number of nitrogens with one attached hydrogen (secondary N) is 1. The van der Waals surface area contributed by atoms with E-state index in [0.29, 0.717) is 6.54 Å². The second-order valence-corrected chi connectivity index (χ2v) is 4.31. The Balaban J connectivity index is 1.79. The van der Waals surface area contributed by atoms with Gasteiger partial charge in [0.15, 0.2) is 6.61 Å². The fraction of sp³-hybridized carbons (Fsp3) is 0.500.